The summed E-state index contributed by atoms with van der Waals surface area (Å²) < 4.78 is 16.0. The van der Waals surface area contributed by atoms with Crippen LogP contribution in [0.4, 0.5) is 15.9 Å². The zero-order chi connectivity index (χ0) is 24.9. The molecule has 0 spiro atoms. The number of nitrogens with zero attached hydrogens (tertiary/aromatic N) is 5. The normalized spacial score (nSPS) is 18.2. The highest BCUT2D eigenvalue weighted by molar-refractivity contribution is 6.14. The van der Waals surface area contributed by atoms with Crippen LogP contribution in [0.15, 0.2) is 36.8 Å². The summed E-state index contributed by atoms with van der Waals surface area (Å²) >= 11 is 0. The number of aromatic nitrogens is 4. The molecular formula is C24H25FN8O2. The van der Waals surface area contributed by atoms with Gasteiger partial charge in [0.15, 0.2) is 5.82 Å². The van der Waals surface area contributed by atoms with Crippen molar-refractivity contribution in [2.75, 3.05) is 23.3 Å². The van der Waals surface area contributed by atoms with E-state index in [2.05, 4.69) is 44.4 Å². The van der Waals surface area contributed by atoms with E-state index in [9.17, 15) is 14.0 Å². The van der Waals surface area contributed by atoms with Crippen LogP contribution in [0.1, 0.15) is 34.6 Å². The molecule has 180 valence electrons. The number of halogens is 1. The molecule has 0 saturated carbocycles. The molecule has 1 aromatic carbocycles. The number of hydrogen-bond donors (Lipinski definition) is 3. The van der Waals surface area contributed by atoms with Crippen molar-refractivity contribution >= 4 is 45.1 Å². The molecule has 0 aliphatic carbocycles. The number of anilines is 2. The van der Waals surface area contributed by atoms with E-state index in [4.69, 9.17) is 5.73 Å². The monoisotopic (exact) mass is 476 g/mol. The fraction of sp³-hybridized carbons (Fsp3) is 0.292. The molecule has 4 N–H and O–H groups in total. The molecule has 5 rings (SSSR count). The molecule has 0 radical (unpaired) electrons. The molecule has 10 nitrogen and oxygen atoms in total. The molecule has 1 saturated heterocycles. The summed E-state index contributed by atoms with van der Waals surface area (Å²) in [5.41, 5.74) is 6.79. The van der Waals surface area contributed by atoms with Gasteiger partial charge in [-0.3, -0.25) is 19.3 Å². The van der Waals surface area contributed by atoms with E-state index >= 15 is 0 Å². The molecule has 1 aliphatic heterocycles. The molecule has 1 aliphatic rings. The Bertz CT molecular complexity index is 1470. The van der Waals surface area contributed by atoms with E-state index in [1.807, 2.05) is 0 Å². The third-order valence-corrected chi connectivity index (χ3v) is 6.02. The first-order valence-corrected chi connectivity index (χ1v) is 11.2. The van der Waals surface area contributed by atoms with E-state index in [1.54, 1.807) is 25.4 Å². The number of fused-ring (bicyclic) bond motifs is 2. The van der Waals surface area contributed by atoms with Crippen molar-refractivity contribution in [1.29, 1.82) is 0 Å². The Labute approximate surface area is 200 Å². The van der Waals surface area contributed by atoms with Gasteiger partial charge in [0.2, 0.25) is 5.91 Å². The number of pyridine rings is 2. The van der Waals surface area contributed by atoms with Gasteiger partial charge in [0.1, 0.15) is 11.3 Å². The zero-order valence-electron chi connectivity index (χ0n) is 19.5. The summed E-state index contributed by atoms with van der Waals surface area (Å²) in [6, 6.07) is 4.93. The second kappa shape index (κ2) is 8.58. The fourth-order valence-corrected chi connectivity index (χ4v) is 4.64. The quantitative estimate of drug-likeness (QED) is 0.411. The number of aryl methyl sites for hydroxylation is 1. The molecule has 11 heteroatoms. The molecule has 3 aromatic heterocycles. The van der Waals surface area contributed by atoms with Crippen LogP contribution in [-0.4, -0.2) is 56.7 Å². The molecule has 4 heterocycles. The van der Waals surface area contributed by atoms with Crippen LogP contribution in [0.3, 0.4) is 0 Å². The van der Waals surface area contributed by atoms with Crippen molar-refractivity contribution in [2.24, 2.45) is 12.8 Å². The zero-order valence-corrected chi connectivity index (χ0v) is 19.5. The van der Waals surface area contributed by atoms with Crippen LogP contribution >= 0.6 is 0 Å². The minimum absolute atomic E-state index is 0.197. The standard InChI is InChI=1S/C24H25FN8O2/c1-12-9-33(10-13(2)29-12)23-17-5-14(22(26)34)7-27-21(17)18(8-28-23)24(35)30-16-4-15-11-32(3)31-20(15)19(25)6-16/h4-8,11-13,29H,9-10H2,1-3H3,(H2,26,34)(H,30,35)/t12-,13-/m1/s1. The van der Waals surface area contributed by atoms with Gasteiger partial charge in [-0.1, -0.05) is 0 Å². The van der Waals surface area contributed by atoms with Crippen LogP contribution in [-0.2, 0) is 7.05 Å². The Balaban J connectivity index is 1.56. The SMILES string of the molecule is C[C@@H]1CN(c2ncc(C(=O)Nc3cc(F)c4nn(C)cc4c3)c3ncc(C(N)=O)cc23)C[C@@H](C)N1. The number of hydrogen-bond acceptors (Lipinski definition) is 7. The summed E-state index contributed by atoms with van der Waals surface area (Å²) in [5, 5.41) is 11.4. The topological polar surface area (TPSA) is 131 Å². The number of primary amides is 1. The van der Waals surface area contributed by atoms with Crippen molar-refractivity contribution < 1.29 is 14.0 Å². The fourth-order valence-electron chi connectivity index (χ4n) is 4.64. The van der Waals surface area contributed by atoms with Gasteiger partial charge in [-0.05, 0) is 32.0 Å². The minimum Gasteiger partial charge on any atom is -0.366 e. The van der Waals surface area contributed by atoms with E-state index < -0.39 is 17.6 Å². The summed E-state index contributed by atoms with van der Waals surface area (Å²) in [6.45, 7) is 5.56. The van der Waals surface area contributed by atoms with Gasteiger partial charge < -0.3 is 21.3 Å². The van der Waals surface area contributed by atoms with Crippen LogP contribution in [0, 0.1) is 5.82 Å². The van der Waals surface area contributed by atoms with Gasteiger partial charge in [-0.25, -0.2) is 9.37 Å². The van der Waals surface area contributed by atoms with E-state index in [0.717, 1.165) is 0 Å². The minimum atomic E-state index is -0.623. The third-order valence-electron chi connectivity index (χ3n) is 6.02. The Kier molecular flexibility index (Phi) is 5.56. The first kappa shape index (κ1) is 22.7. The molecule has 0 bridgehead atoms. The molecule has 2 atom stereocenters. The van der Waals surface area contributed by atoms with Crippen LogP contribution in [0.2, 0.25) is 0 Å². The maximum Gasteiger partial charge on any atom is 0.259 e. The van der Waals surface area contributed by atoms with Gasteiger partial charge in [-0.2, -0.15) is 5.10 Å². The molecule has 1 fully saturated rings. The Morgan fingerprint density at radius 1 is 1.11 bits per heavy atom. The predicted molar refractivity (Wildman–Crippen MR) is 131 cm³/mol. The lowest BCUT2D eigenvalue weighted by molar-refractivity contribution is 0.0998. The smallest absolute Gasteiger partial charge is 0.259 e. The van der Waals surface area contributed by atoms with Gasteiger partial charge in [-0.15, -0.1) is 0 Å². The van der Waals surface area contributed by atoms with E-state index in [-0.39, 0.29) is 34.4 Å². The van der Waals surface area contributed by atoms with Crippen LogP contribution < -0.4 is 21.3 Å². The second-order valence-electron chi connectivity index (χ2n) is 9.01. The number of carbonyl (C=O) groups is 2. The number of rotatable bonds is 4. The maximum absolute atomic E-state index is 14.5. The average Bonchev–Trinajstić information content (AvgIpc) is 3.18. The van der Waals surface area contributed by atoms with Crippen LogP contribution in [0.25, 0.3) is 21.8 Å². The summed E-state index contributed by atoms with van der Waals surface area (Å²) in [6.07, 6.45) is 4.47. The number of carbonyl (C=O) groups excluding carboxylic acids is 2. The molecule has 35 heavy (non-hydrogen) atoms. The lowest BCUT2D eigenvalue weighted by atomic mass is 10.1. The summed E-state index contributed by atoms with van der Waals surface area (Å²) in [5.74, 6) is -1.04. The maximum atomic E-state index is 14.5. The van der Waals surface area contributed by atoms with E-state index in [0.29, 0.717) is 35.2 Å². The second-order valence-corrected chi connectivity index (χ2v) is 9.01. The number of nitrogens with one attached hydrogen (secondary N) is 2. The van der Waals surface area contributed by atoms with Crippen molar-refractivity contribution in [3.05, 3.63) is 53.7 Å². The lowest BCUT2D eigenvalue weighted by Gasteiger charge is -2.37. The predicted octanol–water partition coefficient (Wildman–Crippen LogP) is 2.19. The Morgan fingerprint density at radius 2 is 1.86 bits per heavy atom. The number of amides is 2. The molecule has 2 amide bonds. The van der Waals surface area contributed by atoms with Gasteiger partial charge in [0, 0.05) is 67.3 Å². The van der Waals surface area contributed by atoms with Gasteiger partial charge in [0.05, 0.1) is 16.6 Å². The highest BCUT2D eigenvalue weighted by Gasteiger charge is 2.26. The van der Waals surface area contributed by atoms with E-state index in [1.165, 1.54) is 23.1 Å². The van der Waals surface area contributed by atoms with Crippen molar-refractivity contribution in [1.82, 2.24) is 25.1 Å². The average molecular weight is 477 g/mol. The van der Waals surface area contributed by atoms with Gasteiger partial charge >= 0.3 is 0 Å². The Morgan fingerprint density at radius 3 is 2.57 bits per heavy atom. The third kappa shape index (κ3) is 4.26. The van der Waals surface area contributed by atoms with Crippen molar-refractivity contribution in [3.63, 3.8) is 0 Å². The van der Waals surface area contributed by atoms with Crippen molar-refractivity contribution in [3.8, 4) is 0 Å². The number of benzene rings is 1. The first-order chi connectivity index (χ1) is 16.7. The highest BCUT2D eigenvalue weighted by atomic mass is 19.1. The molecule has 4 aromatic rings. The van der Waals surface area contributed by atoms with Crippen LogP contribution in [0.5, 0.6) is 0 Å². The van der Waals surface area contributed by atoms with Crippen molar-refractivity contribution in [2.45, 2.75) is 25.9 Å². The molecular weight excluding hydrogens is 451 g/mol. The number of nitrogens with two attached hydrogens (primary N) is 1. The first-order valence-electron chi connectivity index (χ1n) is 11.2. The highest BCUT2D eigenvalue weighted by Crippen LogP contribution is 2.29. The number of piperazine rings is 1. The largest absolute Gasteiger partial charge is 0.366 e. The molecule has 0 unspecified atom stereocenters. The summed E-state index contributed by atoms with van der Waals surface area (Å²) in [7, 11) is 1.70. The Hall–Kier alpha value is -4.12. The summed E-state index contributed by atoms with van der Waals surface area (Å²) in [4.78, 5) is 36.2. The van der Waals surface area contributed by atoms with Gasteiger partial charge in [0.25, 0.3) is 5.91 Å². The lowest BCUT2D eigenvalue weighted by Crippen LogP contribution is -2.54.